The van der Waals surface area contributed by atoms with Crippen LogP contribution < -0.4 is 10.1 Å². The second-order valence-electron chi connectivity index (χ2n) is 7.56. The van der Waals surface area contributed by atoms with Crippen LogP contribution in [-0.4, -0.2) is 28.3 Å². The van der Waals surface area contributed by atoms with E-state index in [1.165, 1.54) is 31.2 Å². The number of nitrogens with zero attached hydrogens (tertiary/aromatic N) is 2. The Hall–Kier alpha value is -1.85. The summed E-state index contributed by atoms with van der Waals surface area (Å²) in [6, 6.07) is 9.00. The fourth-order valence-electron chi connectivity index (χ4n) is 4.06. The van der Waals surface area contributed by atoms with Crippen molar-refractivity contribution in [2.24, 2.45) is 7.05 Å². The maximum absolute atomic E-state index is 6.13. The third kappa shape index (κ3) is 4.27. The minimum atomic E-state index is 0.130. The van der Waals surface area contributed by atoms with Gasteiger partial charge in [0.15, 0.2) is 0 Å². The maximum atomic E-state index is 6.13. The smallest absolute Gasteiger partial charge is 0.120 e. The molecule has 26 heavy (non-hydrogen) atoms. The van der Waals surface area contributed by atoms with E-state index in [0.29, 0.717) is 12.1 Å². The molecular formula is C21H29N3O2. The van der Waals surface area contributed by atoms with Gasteiger partial charge < -0.3 is 19.4 Å². The van der Waals surface area contributed by atoms with Crippen LogP contribution in [0.5, 0.6) is 5.75 Å². The molecule has 2 fully saturated rings. The van der Waals surface area contributed by atoms with E-state index in [-0.39, 0.29) is 6.10 Å². The highest BCUT2D eigenvalue weighted by atomic mass is 16.5. The number of aromatic nitrogens is 2. The average molecular weight is 355 g/mol. The van der Waals surface area contributed by atoms with Crippen molar-refractivity contribution in [1.29, 1.82) is 0 Å². The topological polar surface area (TPSA) is 48.3 Å². The van der Waals surface area contributed by atoms with E-state index >= 15 is 0 Å². The molecule has 5 heteroatoms. The summed E-state index contributed by atoms with van der Waals surface area (Å²) in [5, 5.41) is 3.70. The second-order valence-corrected chi connectivity index (χ2v) is 7.56. The standard InChI is InChI=1S/C21H29N3O2/c1-24-15-22-14-20(24)21-12-17(9-10-25-21)23-13-16-5-4-8-19(11-16)26-18-6-2-3-7-18/h4-5,8,11,14-15,17-18,21,23H,2-3,6-7,9-10,12-13H2,1H3/t17-,21-/m0/s1. The minimum Gasteiger partial charge on any atom is -0.490 e. The fourth-order valence-corrected chi connectivity index (χ4v) is 4.06. The van der Waals surface area contributed by atoms with Gasteiger partial charge in [-0.2, -0.15) is 0 Å². The molecule has 1 aliphatic carbocycles. The minimum absolute atomic E-state index is 0.130. The van der Waals surface area contributed by atoms with Crippen LogP contribution in [0.2, 0.25) is 0 Å². The highest BCUT2D eigenvalue weighted by molar-refractivity contribution is 5.28. The molecule has 2 aliphatic rings. The number of hydrogen-bond donors (Lipinski definition) is 1. The van der Waals surface area contributed by atoms with Gasteiger partial charge in [0.25, 0.3) is 0 Å². The van der Waals surface area contributed by atoms with Gasteiger partial charge in [0.05, 0.1) is 24.3 Å². The molecule has 1 aromatic heterocycles. The fraction of sp³-hybridized carbons (Fsp3) is 0.571. The molecule has 0 bridgehead atoms. The van der Waals surface area contributed by atoms with E-state index in [2.05, 4.69) is 39.1 Å². The van der Waals surface area contributed by atoms with Gasteiger partial charge in [-0.3, -0.25) is 0 Å². The molecule has 2 aromatic rings. The monoisotopic (exact) mass is 355 g/mol. The van der Waals surface area contributed by atoms with Gasteiger partial charge in [-0.25, -0.2) is 4.98 Å². The largest absolute Gasteiger partial charge is 0.490 e. The van der Waals surface area contributed by atoms with Gasteiger partial charge in [-0.15, -0.1) is 0 Å². The quantitative estimate of drug-likeness (QED) is 0.857. The SMILES string of the molecule is Cn1cncc1[C@@H]1C[C@@H](NCc2cccc(OC3CCCC3)c2)CCO1. The summed E-state index contributed by atoms with van der Waals surface area (Å²) >= 11 is 0. The van der Waals surface area contributed by atoms with Crippen molar-refractivity contribution < 1.29 is 9.47 Å². The maximum Gasteiger partial charge on any atom is 0.120 e. The third-order valence-corrected chi connectivity index (χ3v) is 5.57. The Bertz CT molecular complexity index is 709. The first-order valence-electron chi connectivity index (χ1n) is 9.85. The van der Waals surface area contributed by atoms with Gasteiger partial charge in [-0.1, -0.05) is 12.1 Å². The molecule has 0 unspecified atom stereocenters. The number of ether oxygens (including phenoxy) is 2. The van der Waals surface area contributed by atoms with E-state index in [0.717, 1.165) is 37.4 Å². The zero-order valence-electron chi connectivity index (χ0n) is 15.6. The van der Waals surface area contributed by atoms with Crippen LogP contribution in [0.1, 0.15) is 55.9 Å². The summed E-state index contributed by atoms with van der Waals surface area (Å²) in [7, 11) is 2.03. The summed E-state index contributed by atoms with van der Waals surface area (Å²) in [4.78, 5) is 4.22. The van der Waals surface area contributed by atoms with Gasteiger partial charge in [0.1, 0.15) is 11.9 Å². The first kappa shape index (κ1) is 17.6. The Morgan fingerprint density at radius 1 is 1.27 bits per heavy atom. The molecule has 140 valence electrons. The van der Waals surface area contributed by atoms with Gasteiger partial charge in [0, 0.05) is 26.2 Å². The van der Waals surface area contributed by atoms with Crippen LogP contribution in [0, 0.1) is 0 Å². The van der Waals surface area contributed by atoms with Crippen molar-refractivity contribution >= 4 is 0 Å². The number of rotatable bonds is 6. The number of imidazole rings is 1. The molecule has 1 saturated heterocycles. The van der Waals surface area contributed by atoms with Crippen LogP contribution >= 0.6 is 0 Å². The lowest BCUT2D eigenvalue weighted by Crippen LogP contribution is -2.36. The van der Waals surface area contributed by atoms with Crippen molar-refractivity contribution in [2.75, 3.05) is 6.61 Å². The number of hydrogen-bond acceptors (Lipinski definition) is 4. The Balaban J connectivity index is 1.31. The molecule has 2 atom stereocenters. The first-order chi connectivity index (χ1) is 12.8. The Labute approximate surface area is 155 Å². The second kappa shape index (κ2) is 8.23. The van der Waals surface area contributed by atoms with Crippen LogP contribution in [0.4, 0.5) is 0 Å². The van der Waals surface area contributed by atoms with E-state index in [4.69, 9.17) is 9.47 Å². The van der Waals surface area contributed by atoms with Crippen molar-refractivity contribution in [3.05, 3.63) is 48.0 Å². The van der Waals surface area contributed by atoms with Crippen LogP contribution in [-0.2, 0) is 18.3 Å². The van der Waals surface area contributed by atoms with Gasteiger partial charge in [-0.05, 0) is 56.2 Å². The molecule has 0 radical (unpaired) electrons. The molecule has 1 aromatic carbocycles. The summed E-state index contributed by atoms with van der Waals surface area (Å²) in [5.41, 5.74) is 2.44. The van der Waals surface area contributed by atoms with Crippen LogP contribution in [0.3, 0.4) is 0 Å². The highest BCUT2D eigenvalue weighted by Crippen LogP contribution is 2.28. The molecular weight excluding hydrogens is 326 g/mol. The van der Waals surface area contributed by atoms with Crippen molar-refractivity contribution in [1.82, 2.24) is 14.9 Å². The lowest BCUT2D eigenvalue weighted by Gasteiger charge is -2.30. The molecule has 1 aliphatic heterocycles. The summed E-state index contributed by atoms with van der Waals surface area (Å²) in [6.07, 6.45) is 11.3. The van der Waals surface area contributed by atoms with E-state index in [1.807, 2.05) is 19.6 Å². The predicted molar refractivity (Wildman–Crippen MR) is 101 cm³/mol. The van der Waals surface area contributed by atoms with E-state index < -0.39 is 0 Å². The Morgan fingerprint density at radius 2 is 2.15 bits per heavy atom. The van der Waals surface area contributed by atoms with Crippen molar-refractivity contribution in [2.45, 2.75) is 63.3 Å². The Kier molecular flexibility index (Phi) is 5.56. The van der Waals surface area contributed by atoms with Gasteiger partial charge >= 0.3 is 0 Å². The zero-order chi connectivity index (χ0) is 17.8. The molecule has 0 amide bonds. The van der Waals surface area contributed by atoms with Crippen molar-refractivity contribution in [3.63, 3.8) is 0 Å². The zero-order valence-corrected chi connectivity index (χ0v) is 15.6. The molecule has 2 heterocycles. The molecule has 4 rings (SSSR count). The predicted octanol–water partition coefficient (Wildman–Crippen LogP) is 3.75. The summed E-state index contributed by atoms with van der Waals surface area (Å²) < 4.78 is 14.1. The Morgan fingerprint density at radius 3 is 2.96 bits per heavy atom. The van der Waals surface area contributed by atoms with E-state index in [1.54, 1.807) is 0 Å². The summed E-state index contributed by atoms with van der Waals surface area (Å²) in [6.45, 7) is 1.66. The number of benzene rings is 1. The normalized spacial score (nSPS) is 24.0. The number of nitrogens with one attached hydrogen (secondary N) is 1. The third-order valence-electron chi connectivity index (χ3n) is 5.57. The lowest BCUT2D eigenvalue weighted by atomic mass is 10.0. The molecule has 1 N–H and O–H groups in total. The lowest BCUT2D eigenvalue weighted by molar-refractivity contribution is -0.00404. The van der Waals surface area contributed by atoms with Crippen LogP contribution in [0.25, 0.3) is 0 Å². The summed E-state index contributed by atoms with van der Waals surface area (Å²) in [5.74, 6) is 1.01. The van der Waals surface area contributed by atoms with Crippen molar-refractivity contribution in [3.8, 4) is 5.75 Å². The number of aryl methyl sites for hydroxylation is 1. The highest BCUT2D eigenvalue weighted by Gasteiger charge is 2.25. The molecule has 5 nitrogen and oxygen atoms in total. The van der Waals surface area contributed by atoms with Gasteiger partial charge in [0.2, 0.25) is 0 Å². The van der Waals surface area contributed by atoms with E-state index in [9.17, 15) is 0 Å². The molecule has 0 spiro atoms. The first-order valence-corrected chi connectivity index (χ1v) is 9.85. The van der Waals surface area contributed by atoms with Crippen LogP contribution in [0.15, 0.2) is 36.8 Å². The molecule has 1 saturated carbocycles. The average Bonchev–Trinajstić information content (AvgIpc) is 3.32.